The number of hydrogen-bond donors (Lipinski definition) is 0. The lowest BCUT2D eigenvalue weighted by atomic mass is 9.74. The molecule has 3 spiro atoms. The molecule has 8 aliphatic rings. The first-order chi connectivity index (χ1) is 58.6. The van der Waals surface area contributed by atoms with E-state index in [9.17, 15) is 2.74 Å². The Morgan fingerprint density at radius 1 is 0.333 bits per heavy atom. The molecule has 5 saturated carbocycles. The van der Waals surface area contributed by atoms with Gasteiger partial charge in [-0.1, -0.05) is 242 Å². The number of aryl methyl sites for hydroxylation is 9. The van der Waals surface area contributed by atoms with Gasteiger partial charge in [0.1, 0.15) is 21.1 Å². The molecule has 0 saturated heterocycles. The van der Waals surface area contributed by atoms with E-state index in [1.807, 2.05) is 78.0 Å². The highest BCUT2D eigenvalue weighted by Gasteiger charge is 2.49. The van der Waals surface area contributed by atoms with E-state index in [0.717, 1.165) is 157 Å². The van der Waals surface area contributed by atoms with Crippen molar-refractivity contribution in [3.8, 4) is 101 Å². The molecule has 560 valence electrons. The van der Waals surface area contributed by atoms with Gasteiger partial charge in [0, 0.05) is 84.3 Å². The number of hydrogen-bond acceptors (Lipinski definition) is 0. The van der Waals surface area contributed by atoms with Crippen LogP contribution in [0, 0.1) is 41.4 Å². The average Bonchev–Trinajstić information content (AvgIpc) is 1.57. The Labute approximate surface area is 680 Å². The van der Waals surface area contributed by atoms with E-state index in [1.165, 1.54) is 147 Å². The molecule has 1 atom stereocenters. The summed E-state index contributed by atoms with van der Waals surface area (Å²) in [6.07, 6.45) is 30.4. The Morgan fingerprint density at radius 2 is 0.694 bits per heavy atom. The monoisotopic (exact) mass is 1470 g/mol. The van der Waals surface area contributed by atoms with Crippen molar-refractivity contribution in [2.75, 3.05) is 0 Å². The van der Waals surface area contributed by atoms with Gasteiger partial charge in [0.15, 0.2) is 18.6 Å². The number of nitrogens with zero attached hydrogens (tertiary/aromatic N) is 3. The molecular weight excluding hydrogens is 1340 g/mol. The quantitative estimate of drug-likeness (QED) is 0.128. The van der Waals surface area contributed by atoms with Crippen molar-refractivity contribution in [3.05, 3.63) is 302 Å². The zero-order valence-corrected chi connectivity index (χ0v) is 66.7. The Hall–Kier alpha value is -9.57. The van der Waals surface area contributed by atoms with Gasteiger partial charge in [0.2, 0.25) is 17.1 Å². The molecule has 0 N–H and O–H groups in total. The van der Waals surface area contributed by atoms with Crippen LogP contribution < -0.4 is 13.7 Å². The minimum atomic E-state index is -2.45. The predicted octanol–water partition coefficient (Wildman–Crippen LogP) is 27.1. The first-order valence-corrected chi connectivity index (χ1v) is 41.8. The van der Waals surface area contributed by atoms with Crippen LogP contribution in [-0.4, -0.2) is 0 Å². The molecule has 0 radical (unpaired) electrons. The van der Waals surface area contributed by atoms with Gasteiger partial charge < -0.3 is 0 Å². The zero-order valence-electron chi connectivity index (χ0n) is 78.7. The van der Waals surface area contributed by atoms with Crippen molar-refractivity contribution in [1.29, 1.82) is 0 Å². The van der Waals surface area contributed by atoms with Crippen LogP contribution >= 0.6 is 0 Å². The molecule has 8 aliphatic carbocycles. The number of rotatable bonds is 9. The maximum absolute atomic E-state index is 9.69. The minimum absolute atomic E-state index is 0.0554. The topological polar surface area (TPSA) is 11.6 Å². The minimum Gasteiger partial charge on any atom is -0.201 e. The highest BCUT2D eigenvalue weighted by Crippen LogP contribution is 2.62. The van der Waals surface area contributed by atoms with E-state index < -0.39 is 38.2 Å². The fourth-order valence-electron chi connectivity index (χ4n) is 22.0. The third kappa shape index (κ3) is 12.7. The van der Waals surface area contributed by atoms with E-state index >= 15 is 0 Å². The van der Waals surface area contributed by atoms with Crippen LogP contribution in [0.2, 0.25) is 0 Å². The van der Waals surface area contributed by atoms with Gasteiger partial charge in [-0.25, -0.2) is 13.7 Å². The molecule has 1 unspecified atom stereocenters. The van der Waals surface area contributed by atoms with Crippen molar-refractivity contribution in [2.45, 2.75) is 230 Å². The van der Waals surface area contributed by atoms with E-state index in [0.29, 0.717) is 22.3 Å². The summed E-state index contributed by atoms with van der Waals surface area (Å²) in [5.74, 6) is -2.73. The first-order valence-electron chi connectivity index (χ1n) is 47.8. The molecule has 3 heteroatoms. The lowest BCUT2D eigenvalue weighted by molar-refractivity contribution is -0.660. The molecule has 3 heterocycles. The summed E-state index contributed by atoms with van der Waals surface area (Å²) < 4.78 is 108. The van der Waals surface area contributed by atoms with Crippen molar-refractivity contribution in [1.82, 2.24) is 0 Å². The normalized spacial score (nSPS) is 20.3. The van der Waals surface area contributed by atoms with Crippen LogP contribution in [-0.2, 0) is 37.4 Å². The third-order valence-electron chi connectivity index (χ3n) is 27.8. The molecule has 3 aromatic heterocycles. The summed E-state index contributed by atoms with van der Waals surface area (Å²) in [6, 6.07) is 71.6. The fraction of sp³-hybridized carbons (Fsp3) is 0.361. The van der Waals surface area contributed by atoms with Crippen LogP contribution in [0.4, 0.5) is 0 Å². The smallest absolute Gasteiger partial charge is 0.201 e. The average molecular weight is 1470 g/mol. The van der Waals surface area contributed by atoms with Crippen LogP contribution in [0.3, 0.4) is 0 Å². The van der Waals surface area contributed by atoms with E-state index in [4.69, 9.17) is 13.7 Å². The predicted molar refractivity (Wildman–Crippen MR) is 464 cm³/mol. The fourth-order valence-corrected chi connectivity index (χ4v) is 22.0. The van der Waals surface area contributed by atoms with Crippen LogP contribution in [0.1, 0.15) is 273 Å². The second kappa shape index (κ2) is 29.5. The summed E-state index contributed by atoms with van der Waals surface area (Å²) in [4.78, 5) is 0. The maximum Gasteiger partial charge on any atom is 0.213 e. The number of aromatic nitrogens is 3. The van der Waals surface area contributed by atoms with Gasteiger partial charge in [0.25, 0.3) is 0 Å². The highest BCUT2D eigenvalue weighted by atomic mass is 14.9. The standard InChI is InChI=1S/2C37H40N.C34H36N/c1-25-15-17-30-31-18-16-28(22-35(31)37(34(30)21-25)19-9-10-20-37)32-23-36(29-14-8-7-11-26(29)2)38(3)24-33(32)27-12-5-4-6-13-27;1-25-11-7-8-14-30(25)36-23-33(26(2)24-38(36)3)29-16-18-32-31-17-15-28(27-12-5-4-6-13-27)21-34(31)37(35(32)22-29)19-9-10-20-37;1-22(2)25-12-14-28-29-15-13-26(19-32(29)34(31(28)18-25)16-8-9-17-34)30-20-33(35(5)21-24(30)4)27-11-7-6-10-23(27)3/h2*7-8,11,14-18,21-24,27H,4-6,9-10,12-13,19-20H2,1-3H3;6-7,10-15,18-22H,8-9,16-17H2,1-5H3/q3*+1/i27D;2D3,27D;1D3,4D3,22D. The molecular formula is C108H116N3+3. The molecule has 9 aromatic carbocycles. The molecule has 0 aliphatic heterocycles. The van der Waals surface area contributed by atoms with E-state index in [2.05, 4.69) is 191 Å². The van der Waals surface area contributed by atoms with E-state index in [-0.39, 0.29) is 16.2 Å². The van der Waals surface area contributed by atoms with Crippen LogP contribution in [0.25, 0.3) is 101 Å². The largest absolute Gasteiger partial charge is 0.213 e. The van der Waals surface area contributed by atoms with Gasteiger partial charge in [-0.3, -0.25) is 0 Å². The highest BCUT2D eigenvalue weighted by molar-refractivity contribution is 5.89. The summed E-state index contributed by atoms with van der Waals surface area (Å²) in [5, 5.41) is 0. The third-order valence-corrected chi connectivity index (χ3v) is 27.8. The molecule has 12 aromatic rings. The molecule has 0 amide bonds. The van der Waals surface area contributed by atoms with Gasteiger partial charge in [-0.05, 0) is 288 Å². The van der Waals surface area contributed by atoms with Crippen molar-refractivity contribution < 1.29 is 30.2 Å². The summed E-state index contributed by atoms with van der Waals surface area (Å²) >= 11 is 0. The second-order valence-electron chi connectivity index (χ2n) is 34.4. The lowest BCUT2D eigenvalue weighted by Gasteiger charge is -2.29. The lowest BCUT2D eigenvalue weighted by Crippen LogP contribution is -2.32. The number of fused-ring (bicyclic) bond motifs is 15. The van der Waals surface area contributed by atoms with Crippen molar-refractivity contribution in [3.63, 3.8) is 0 Å². The molecule has 3 nitrogen and oxygen atoms in total. The summed E-state index contributed by atoms with van der Waals surface area (Å²) in [7, 11) is 6.00. The summed E-state index contributed by atoms with van der Waals surface area (Å²) in [5.41, 5.74) is 36.5. The van der Waals surface area contributed by atoms with Gasteiger partial charge in [-0.2, -0.15) is 0 Å². The van der Waals surface area contributed by atoms with Crippen molar-refractivity contribution >= 4 is 0 Å². The Bertz CT molecular complexity index is 6160. The maximum atomic E-state index is 9.69. The molecule has 5 fully saturated rings. The molecule has 20 rings (SSSR count). The molecule has 111 heavy (non-hydrogen) atoms. The van der Waals surface area contributed by atoms with Gasteiger partial charge in [-0.15, -0.1) is 0 Å². The zero-order chi connectivity index (χ0) is 86.3. The number of pyridine rings is 3. The Balaban J connectivity index is 0.000000126. The second-order valence-corrected chi connectivity index (χ2v) is 34.4. The van der Waals surface area contributed by atoms with Crippen LogP contribution in [0.5, 0.6) is 0 Å². The first kappa shape index (κ1) is 60.1. The van der Waals surface area contributed by atoms with Gasteiger partial charge in [0.05, 0.1) is 0 Å². The Morgan fingerprint density at radius 3 is 1.13 bits per heavy atom. The van der Waals surface area contributed by atoms with Gasteiger partial charge >= 0.3 is 0 Å². The van der Waals surface area contributed by atoms with E-state index in [1.54, 1.807) is 17.8 Å². The Kier molecular flexibility index (Phi) is 16.0. The number of benzene rings is 9. The van der Waals surface area contributed by atoms with Crippen molar-refractivity contribution in [2.24, 2.45) is 21.1 Å². The summed E-state index contributed by atoms with van der Waals surface area (Å²) in [6.45, 7) is 3.09. The molecule has 0 bridgehead atoms. The SMILES string of the molecule is [2H]C([2H])([2H])c1c[n+](C)c(-c2ccccc2C)cc1-c1ccc2c(c1)C1(CCCC1)c1cc(C([2H])(C)C([2H])([2H])[2H])ccc1-2.[2H]C([2H])([2H])c1c[n+](C)c(-c2ccccc2C)cc1-c1ccc2c(c1)C1(CCCC1)c1cc(C3([2H])CCCCC3)ccc1-2.[2H]C1(c2c[n+](C)c(-c3ccccc3C)cc2-c2ccc3c(c2)C2(CCCC2)c2cc(C)ccc2-3)CCCCC1. The van der Waals surface area contributed by atoms with Crippen LogP contribution in [0.15, 0.2) is 219 Å².